The third-order valence-corrected chi connectivity index (χ3v) is 6.63. The number of carboxylic acids is 1. The van der Waals surface area contributed by atoms with Crippen molar-refractivity contribution in [1.29, 1.82) is 0 Å². The van der Waals surface area contributed by atoms with Crippen LogP contribution in [0.5, 0.6) is 0 Å². The molecule has 0 saturated heterocycles. The minimum Gasteiger partial charge on any atom is -0.480 e. The van der Waals surface area contributed by atoms with Gasteiger partial charge in [0.25, 0.3) is 5.91 Å². The van der Waals surface area contributed by atoms with Crippen LogP contribution in [0.2, 0.25) is 5.02 Å². The lowest BCUT2D eigenvalue weighted by molar-refractivity contribution is -0.139. The number of benzene rings is 1. The van der Waals surface area contributed by atoms with Gasteiger partial charge in [0, 0.05) is 25.3 Å². The Balaban J connectivity index is 1.49. The van der Waals surface area contributed by atoms with Crippen LogP contribution in [0.4, 0.5) is 14.6 Å². The molecule has 1 atom stereocenters. The number of hydrogen-bond donors (Lipinski definition) is 3. The lowest BCUT2D eigenvalue weighted by Crippen LogP contribution is -2.43. The number of halogens is 3. The van der Waals surface area contributed by atoms with Gasteiger partial charge in [-0.2, -0.15) is 0 Å². The summed E-state index contributed by atoms with van der Waals surface area (Å²) in [6, 6.07) is 6.81. The minimum absolute atomic E-state index is 0.122. The monoisotopic (exact) mass is 522 g/mol. The zero-order valence-electron chi connectivity index (χ0n) is 20.2. The van der Waals surface area contributed by atoms with Gasteiger partial charge >= 0.3 is 5.97 Å². The molecule has 0 bridgehead atoms. The van der Waals surface area contributed by atoms with Crippen LogP contribution in [-0.4, -0.2) is 65.8 Å². The molecule has 2 heterocycles. The first kappa shape index (κ1) is 27.8. The van der Waals surface area contributed by atoms with Gasteiger partial charge in [-0.25, -0.2) is 14.2 Å². The van der Waals surface area contributed by atoms with E-state index in [1.54, 1.807) is 0 Å². The number of unbranched alkanes of at least 4 members (excludes halogenated alkanes) is 1. The first-order valence-corrected chi connectivity index (χ1v) is 12.8. The number of aromatic nitrogens is 1. The van der Waals surface area contributed by atoms with E-state index in [4.69, 9.17) is 16.6 Å². The minimum atomic E-state index is -1.20. The molecule has 0 saturated carbocycles. The molecule has 36 heavy (non-hydrogen) atoms. The Bertz CT molecular complexity index is 1040. The van der Waals surface area contributed by atoms with Crippen molar-refractivity contribution in [3.8, 4) is 0 Å². The van der Waals surface area contributed by atoms with E-state index in [0.717, 1.165) is 56.2 Å². The third kappa shape index (κ3) is 8.13. The number of carboxylic acid groups (broad SMARTS) is 1. The van der Waals surface area contributed by atoms with Gasteiger partial charge in [0.05, 0.1) is 17.3 Å². The second-order valence-corrected chi connectivity index (χ2v) is 9.31. The fraction of sp³-hybridized carbons (Fsp3) is 0.500. The van der Waals surface area contributed by atoms with E-state index in [-0.39, 0.29) is 17.0 Å². The average molecular weight is 523 g/mol. The molecule has 2 aromatic rings. The third-order valence-electron chi connectivity index (χ3n) is 6.25. The number of fused-ring (bicyclic) bond motifs is 1. The van der Waals surface area contributed by atoms with Gasteiger partial charge in [0.15, 0.2) is 0 Å². The number of nitrogens with one attached hydrogen (secondary N) is 2. The molecule has 1 amide bonds. The summed E-state index contributed by atoms with van der Waals surface area (Å²) in [4.78, 5) is 31.0. The SMILES string of the molecule is O=C(NC(CCN(CCCF)CCCCc1ccc2c(n1)NCCC2)C(=O)O)c1cccc(F)c1Cl. The lowest BCUT2D eigenvalue weighted by Gasteiger charge is -2.24. The standard InChI is InChI=1S/C26H33ClF2N4O3/c27-23-20(8-3-9-21(23)29)25(34)32-22(26(35)36)12-17-33(16-5-13-28)15-2-1-7-19-11-10-18-6-4-14-30-24(18)31-19/h3,8-11,22H,1-2,4-7,12-17H2,(H,30,31)(H,32,34)(H,35,36). The van der Waals surface area contributed by atoms with Crippen LogP contribution in [0, 0.1) is 5.82 Å². The number of nitrogens with zero attached hydrogens (tertiary/aromatic N) is 2. The van der Waals surface area contributed by atoms with Crippen molar-refractivity contribution in [2.24, 2.45) is 0 Å². The maximum atomic E-state index is 13.7. The van der Waals surface area contributed by atoms with Crippen molar-refractivity contribution in [2.75, 3.05) is 38.2 Å². The molecule has 1 aromatic carbocycles. The van der Waals surface area contributed by atoms with Gasteiger partial charge in [-0.3, -0.25) is 9.18 Å². The number of anilines is 1. The lowest BCUT2D eigenvalue weighted by atomic mass is 10.1. The summed E-state index contributed by atoms with van der Waals surface area (Å²) in [6.45, 7) is 2.03. The molecule has 3 N–H and O–H groups in total. The van der Waals surface area contributed by atoms with Crippen molar-refractivity contribution >= 4 is 29.3 Å². The number of carbonyl (C=O) groups is 2. The van der Waals surface area contributed by atoms with Crippen LogP contribution in [-0.2, 0) is 17.6 Å². The normalized spacial score (nSPS) is 13.7. The highest BCUT2D eigenvalue weighted by molar-refractivity contribution is 6.34. The Morgan fingerprint density at radius 1 is 1.17 bits per heavy atom. The number of carbonyl (C=O) groups excluding carboxylic acids is 1. The second-order valence-electron chi connectivity index (χ2n) is 8.94. The van der Waals surface area contributed by atoms with Crippen molar-refractivity contribution in [2.45, 2.75) is 51.0 Å². The van der Waals surface area contributed by atoms with E-state index < -0.39 is 30.4 Å². The van der Waals surface area contributed by atoms with Crippen molar-refractivity contribution < 1.29 is 23.5 Å². The molecule has 1 aliphatic heterocycles. The molecule has 3 rings (SSSR count). The number of aryl methyl sites for hydroxylation is 2. The number of rotatable bonds is 14. The molecule has 10 heteroatoms. The molecule has 1 aliphatic rings. The molecular weight excluding hydrogens is 490 g/mol. The van der Waals surface area contributed by atoms with Gasteiger partial charge in [0.1, 0.15) is 17.7 Å². The molecule has 0 spiro atoms. The highest BCUT2D eigenvalue weighted by Crippen LogP contribution is 2.21. The average Bonchev–Trinajstić information content (AvgIpc) is 2.88. The molecular formula is C26H33ClF2N4O3. The maximum absolute atomic E-state index is 13.7. The van der Waals surface area contributed by atoms with Crippen molar-refractivity contribution in [3.05, 3.63) is 58.0 Å². The van der Waals surface area contributed by atoms with Crippen molar-refractivity contribution in [1.82, 2.24) is 15.2 Å². The van der Waals surface area contributed by atoms with E-state index in [9.17, 15) is 23.5 Å². The first-order chi connectivity index (χ1) is 17.4. The number of amides is 1. The van der Waals surface area contributed by atoms with Gasteiger partial charge in [-0.05, 0) is 75.3 Å². The van der Waals surface area contributed by atoms with Gasteiger partial charge in [-0.15, -0.1) is 0 Å². The van der Waals surface area contributed by atoms with Crippen molar-refractivity contribution in [3.63, 3.8) is 0 Å². The quantitative estimate of drug-likeness (QED) is 0.316. The highest BCUT2D eigenvalue weighted by atomic mass is 35.5. The Hall–Kier alpha value is -2.78. The summed E-state index contributed by atoms with van der Waals surface area (Å²) in [5.74, 6) is -1.73. The summed E-state index contributed by atoms with van der Waals surface area (Å²) in [5, 5.41) is 15.0. The summed E-state index contributed by atoms with van der Waals surface area (Å²) in [6.07, 6.45) is 5.21. The predicted molar refractivity (Wildman–Crippen MR) is 136 cm³/mol. The van der Waals surface area contributed by atoms with Crippen LogP contribution >= 0.6 is 11.6 Å². The number of alkyl halides is 1. The van der Waals surface area contributed by atoms with Gasteiger partial charge in [-0.1, -0.05) is 23.7 Å². The zero-order valence-corrected chi connectivity index (χ0v) is 21.0. The largest absolute Gasteiger partial charge is 0.480 e. The topological polar surface area (TPSA) is 94.6 Å². The van der Waals surface area contributed by atoms with Crippen LogP contribution in [0.15, 0.2) is 30.3 Å². The first-order valence-electron chi connectivity index (χ1n) is 12.4. The van der Waals surface area contributed by atoms with Gasteiger partial charge < -0.3 is 20.6 Å². The summed E-state index contributed by atoms with van der Waals surface area (Å²) in [7, 11) is 0. The Kier molecular flexibility index (Phi) is 10.9. The zero-order chi connectivity index (χ0) is 25.9. The van der Waals surface area contributed by atoms with Crippen LogP contribution in [0.3, 0.4) is 0 Å². The smallest absolute Gasteiger partial charge is 0.326 e. The van der Waals surface area contributed by atoms with E-state index in [0.29, 0.717) is 26.1 Å². The number of aliphatic carboxylic acids is 1. The number of hydrogen-bond acceptors (Lipinski definition) is 5. The van der Waals surface area contributed by atoms with E-state index in [1.165, 1.54) is 17.7 Å². The fourth-order valence-electron chi connectivity index (χ4n) is 4.25. The molecule has 0 radical (unpaired) electrons. The van der Waals surface area contributed by atoms with Gasteiger partial charge in [0.2, 0.25) is 0 Å². The summed E-state index contributed by atoms with van der Waals surface area (Å²) in [5.41, 5.74) is 2.16. The van der Waals surface area contributed by atoms with E-state index in [1.807, 2.05) is 4.90 Å². The maximum Gasteiger partial charge on any atom is 0.326 e. The fourth-order valence-corrected chi connectivity index (χ4v) is 4.46. The predicted octanol–water partition coefficient (Wildman–Crippen LogP) is 4.49. The molecule has 1 unspecified atom stereocenters. The molecule has 0 aliphatic carbocycles. The molecule has 0 fully saturated rings. The van der Waals surface area contributed by atoms with Crippen LogP contribution in [0.1, 0.15) is 53.7 Å². The highest BCUT2D eigenvalue weighted by Gasteiger charge is 2.23. The Morgan fingerprint density at radius 3 is 2.75 bits per heavy atom. The summed E-state index contributed by atoms with van der Waals surface area (Å²) < 4.78 is 26.5. The van der Waals surface area contributed by atoms with E-state index >= 15 is 0 Å². The molecule has 196 valence electrons. The number of pyridine rings is 1. The van der Waals surface area contributed by atoms with Crippen LogP contribution < -0.4 is 10.6 Å². The Morgan fingerprint density at radius 2 is 1.97 bits per heavy atom. The molecule has 7 nitrogen and oxygen atoms in total. The molecule has 1 aromatic heterocycles. The summed E-state index contributed by atoms with van der Waals surface area (Å²) >= 11 is 5.85. The Labute approximate surface area is 215 Å². The second kappa shape index (κ2) is 14.1. The van der Waals surface area contributed by atoms with E-state index in [2.05, 4.69) is 22.8 Å². The van der Waals surface area contributed by atoms with Crippen LogP contribution in [0.25, 0.3) is 0 Å².